The fourth-order valence-electron chi connectivity index (χ4n) is 3.16. The fraction of sp³-hybridized carbons (Fsp3) is 0.389. The van der Waals surface area contributed by atoms with Crippen molar-refractivity contribution in [2.45, 2.75) is 38.6 Å². The van der Waals surface area contributed by atoms with Gasteiger partial charge in [0.05, 0.1) is 11.2 Å². The minimum absolute atomic E-state index is 0.0293. The van der Waals surface area contributed by atoms with E-state index in [9.17, 15) is 9.59 Å². The van der Waals surface area contributed by atoms with Crippen molar-refractivity contribution in [3.05, 3.63) is 36.5 Å². The smallest absolute Gasteiger partial charge is 0.240 e. The summed E-state index contributed by atoms with van der Waals surface area (Å²) in [5, 5.41) is 3.98. The Hall–Kier alpha value is -2.43. The summed E-state index contributed by atoms with van der Waals surface area (Å²) in [4.78, 5) is 30.2. The van der Waals surface area contributed by atoms with Crippen molar-refractivity contribution in [2.75, 3.05) is 11.4 Å². The van der Waals surface area contributed by atoms with Crippen LogP contribution in [0.25, 0.3) is 10.9 Å². The summed E-state index contributed by atoms with van der Waals surface area (Å²) in [6.45, 7) is 1.51. The van der Waals surface area contributed by atoms with Crippen LogP contribution >= 0.6 is 0 Å². The van der Waals surface area contributed by atoms with Crippen LogP contribution in [0.1, 0.15) is 32.6 Å². The third kappa shape index (κ3) is 3.50. The van der Waals surface area contributed by atoms with Crippen molar-refractivity contribution in [3.63, 3.8) is 0 Å². The van der Waals surface area contributed by atoms with Gasteiger partial charge in [-0.15, -0.1) is 0 Å². The molecule has 1 saturated carbocycles. The third-order valence-electron chi connectivity index (χ3n) is 4.30. The average molecular weight is 311 g/mol. The Morgan fingerprint density at radius 2 is 1.96 bits per heavy atom. The number of nitrogens with one attached hydrogen (secondary N) is 1. The molecule has 0 aliphatic heterocycles. The quantitative estimate of drug-likeness (QED) is 0.944. The highest BCUT2D eigenvalue weighted by Crippen LogP contribution is 2.25. The molecule has 1 fully saturated rings. The number of hydrogen-bond donors (Lipinski definition) is 1. The van der Waals surface area contributed by atoms with Gasteiger partial charge in [0.2, 0.25) is 11.8 Å². The molecule has 3 rings (SSSR count). The summed E-state index contributed by atoms with van der Waals surface area (Å²) in [7, 11) is 0. The molecule has 2 aromatic rings. The van der Waals surface area contributed by atoms with Gasteiger partial charge in [-0.3, -0.25) is 14.6 Å². The third-order valence-corrected chi connectivity index (χ3v) is 4.30. The number of amides is 2. The first kappa shape index (κ1) is 15.5. The molecule has 0 saturated heterocycles. The second-order valence-electron chi connectivity index (χ2n) is 6.01. The molecule has 0 bridgehead atoms. The number of pyridine rings is 1. The number of para-hydroxylation sites is 1. The van der Waals surface area contributed by atoms with E-state index in [1.807, 2.05) is 30.3 Å². The van der Waals surface area contributed by atoms with E-state index >= 15 is 0 Å². The van der Waals surface area contributed by atoms with E-state index in [1.54, 1.807) is 6.20 Å². The Morgan fingerprint density at radius 1 is 1.22 bits per heavy atom. The van der Waals surface area contributed by atoms with Gasteiger partial charge in [-0.2, -0.15) is 0 Å². The van der Waals surface area contributed by atoms with Crippen LogP contribution in [0.5, 0.6) is 0 Å². The molecule has 1 aromatic heterocycles. The monoisotopic (exact) mass is 311 g/mol. The van der Waals surface area contributed by atoms with Gasteiger partial charge in [0.1, 0.15) is 6.54 Å². The number of benzene rings is 1. The lowest BCUT2D eigenvalue weighted by molar-refractivity contribution is -0.123. The molecule has 23 heavy (non-hydrogen) atoms. The number of carbonyl (C=O) groups is 2. The molecule has 1 N–H and O–H groups in total. The number of nitrogens with zero attached hydrogens (tertiary/aromatic N) is 2. The maximum atomic E-state index is 12.3. The maximum absolute atomic E-state index is 12.3. The SMILES string of the molecule is CC(=O)N(CC(=O)NC1CCCC1)c1cccc2cccnc12. The van der Waals surface area contributed by atoms with Gasteiger partial charge in [0.25, 0.3) is 0 Å². The highest BCUT2D eigenvalue weighted by molar-refractivity contribution is 6.04. The minimum Gasteiger partial charge on any atom is -0.352 e. The zero-order chi connectivity index (χ0) is 16.2. The summed E-state index contributed by atoms with van der Waals surface area (Å²) < 4.78 is 0. The predicted octanol–water partition coefficient (Wildman–Crippen LogP) is 2.65. The number of anilines is 1. The van der Waals surface area contributed by atoms with Crippen LogP contribution in [-0.4, -0.2) is 29.4 Å². The first-order valence-corrected chi connectivity index (χ1v) is 8.06. The number of carbonyl (C=O) groups excluding carboxylic acids is 2. The van der Waals surface area contributed by atoms with Crippen LogP contribution in [0.3, 0.4) is 0 Å². The highest BCUT2D eigenvalue weighted by Gasteiger charge is 2.22. The molecule has 1 aromatic carbocycles. The molecule has 120 valence electrons. The van der Waals surface area contributed by atoms with Crippen LogP contribution < -0.4 is 10.2 Å². The summed E-state index contributed by atoms with van der Waals surface area (Å²) in [6, 6.07) is 9.72. The van der Waals surface area contributed by atoms with Gasteiger partial charge >= 0.3 is 0 Å². The van der Waals surface area contributed by atoms with Crippen molar-refractivity contribution in [1.29, 1.82) is 0 Å². The Kier molecular flexibility index (Phi) is 4.55. The summed E-state index contributed by atoms with van der Waals surface area (Å²) >= 11 is 0. The topological polar surface area (TPSA) is 62.3 Å². The molecule has 1 aliphatic carbocycles. The number of rotatable bonds is 4. The van der Waals surface area contributed by atoms with Gasteiger partial charge < -0.3 is 10.2 Å². The molecule has 0 unspecified atom stereocenters. The maximum Gasteiger partial charge on any atom is 0.240 e. The molecule has 0 atom stereocenters. The van der Waals surface area contributed by atoms with E-state index in [0.29, 0.717) is 5.69 Å². The first-order valence-electron chi connectivity index (χ1n) is 8.06. The summed E-state index contributed by atoms with van der Waals surface area (Å²) in [6.07, 6.45) is 6.08. The number of fused-ring (bicyclic) bond motifs is 1. The average Bonchev–Trinajstić information content (AvgIpc) is 3.05. The lowest BCUT2D eigenvalue weighted by Gasteiger charge is -2.23. The Labute approximate surface area is 135 Å². The Bertz CT molecular complexity index is 718. The standard InChI is InChI=1S/C18H21N3O2/c1-13(22)21(12-17(23)20-15-8-2-3-9-15)16-10-4-6-14-7-5-11-19-18(14)16/h4-7,10-11,15H,2-3,8-9,12H2,1H3,(H,20,23). The van der Waals surface area contributed by atoms with E-state index in [1.165, 1.54) is 11.8 Å². The zero-order valence-corrected chi connectivity index (χ0v) is 13.3. The zero-order valence-electron chi connectivity index (χ0n) is 13.3. The van der Waals surface area contributed by atoms with Crippen LogP contribution in [-0.2, 0) is 9.59 Å². The van der Waals surface area contributed by atoms with Crippen molar-refractivity contribution >= 4 is 28.4 Å². The molecule has 1 heterocycles. The van der Waals surface area contributed by atoms with Gasteiger partial charge in [0.15, 0.2) is 0 Å². The minimum atomic E-state index is -0.162. The van der Waals surface area contributed by atoms with Crippen LogP contribution in [0.2, 0.25) is 0 Å². The molecular formula is C18H21N3O2. The lowest BCUT2D eigenvalue weighted by atomic mass is 10.1. The van der Waals surface area contributed by atoms with Gasteiger partial charge in [-0.05, 0) is 25.0 Å². The van der Waals surface area contributed by atoms with Crippen molar-refractivity contribution in [1.82, 2.24) is 10.3 Å². The molecule has 2 amide bonds. The van der Waals surface area contributed by atoms with Gasteiger partial charge in [0, 0.05) is 24.5 Å². The van der Waals surface area contributed by atoms with Gasteiger partial charge in [-0.25, -0.2) is 0 Å². The van der Waals surface area contributed by atoms with Crippen molar-refractivity contribution < 1.29 is 9.59 Å². The second kappa shape index (κ2) is 6.77. The molecule has 5 nitrogen and oxygen atoms in total. The molecule has 0 spiro atoms. The molecule has 5 heteroatoms. The van der Waals surface area contributed by atoms with E-state index in [-0.39, 0.29) is 24.4 Å². The predicted molar refractivity (Wildman–Crippen MR) is 90.2 cm³/mol. The van der Waals surface area contributed by atoms with E-state index in [4.69, 9.17) is 0 Å². The summed E-state index contributed by atoms with van der Waals surface area (Å²) in [5.41, 5.74) is 1.41. The molecular weight excluding hydrogens is 290 g/mol. The van der Waals surface area contributed by atoms with Crippen LogP contribution in [0, 0.1) is 0 Å². The lowest BCUT2D eigenvalue weighted by Crippen LogP contribution is -2.43. The first-order chi connectivity index (χ1) is 11.1. The Balaban J connectivity index is 1.83. The van der Waals surface area contributed by atoms with Crippen LogP contribution in [0.4, 0.5) is 5.69 Å². The Morgan fingerprint density at radius 3 is 2.70 bits per heavy atom. The molecule has 1 aliphatic rings. The second-order valence-corrected chi connectivity index (χ2v) is 6.01. The van der Waals surface area contributed by atoms with E-state index < -0.39 is 0 Å². The van der Waals surface area contributed by atoms with Crippen molar-refractivity contribution in [3.8, 4) is 0 Å². The normalized spacial score (nSPS) is 14.8. The summed E-state index contributed by atoms with van der Waals surface area (Å²) in [5.74, 6) is -0.273. The fourth-order valence-corrected chi connectivity index (χ4v) is 3.16. The largest absolute Gasteiger partial charge is 0.352 e. The highest BCUT2D eigenvalue weighted by atomic mass is 16.2. The van der Waals surface area contributed by atoms with Gasteiger partial charge in [-0.1, -0.05) is 31.0 Å². The van der Waals surface area contributed by atoms with E-state index in [0.717, 1.165) is 36.6 Å². The van der Waals surface area contributed by atoms with Crippen LogP contribution in [0.15, 0.2) is 36.5 Å². The van der Waals surface area contributed by atoms with Crippen molar-refractivity contribution in [2.24, 2.45) is 0 Å². The number of aromatic nitrogens is 1. The number of hydrogen-bond acceptors (Lipinski definition) is 3. The van der Waals surface area contributed by atoms with E-state index in [2.05, 4.69) is 10.3 Å². The molecule has 0 radical (unpaired) electrons.